The molecular weight excluding hydrogens is 136 g/mol. The first kappa shape index (κ1) is 9.01. The summed E-state index contributed by atoms with van der Waals surface area (Å²) >= 11 is 0. The molecule has 2 heteroatoms. The van der Waals surface area contributed by atoms with Crippen LogP contribution >= 0.6 is 0 Å². The molecule has 1 saturated heterocycles. The Hall–Kier alpha value is -0.0800. The smallest absolute Gasteiger partial charge is 0.0574 e. The predicted octanol–water partition coefficient (Wildman–Crippen LogP) is 1.56. The highest BCUT2D eigenvalue weighted by atomic mass is 15.2. The Labute approximate surface area is 69.8 Å². The summed E-state index contributed by atoms with van der Waals surface area (Å²) in [4.78, 5) is 2.41. The van der Waals surface area contributed by atoms with Crippen LogP contribution in [0.15, 0.2) is 0 Å². The maximum Gasteiger partial charge on any atom is 0.0574 e. The zero-order valence-electron chi connectivity index (χ0n) is 7.71. The number of nitrogens with two attached hydrogens (primary N) is 1. The molecule has 0 bridgehead atoms. The van der Waals surface area contributed by atoms with Gasteiger partial charge in [-0.2, -0.15) is 0 Å². The van der Waals surface area contributed by atoms with E-state index in [1.807, 2.05) is 0 Å². The van der Waals surface area contributed by atoms with Gasteiger partial charge in [0, 0.05) is 6.04 Å². The fraction of sp³-hybridized carbons (Fsp3) is 1.00. The van der Waals surface area contributed by atoms with E-state index in [1.54, 1.807) is 0 Å². The predicted molar refractivity (Wildman–Crippen MR) is 48.3 cm³/mol. The van der Waals surface area contributed by atoms with Crippen molar-refractivity contribution in [2.75, 3.05) is 6.54 Å². The van der Waals surface area contributed by atoms with Crippen LogP contribution in [0.2, 0.25) is 0 Å². The van der Waals surface area contributed by atoms with Gasteiger partial charge >= 0.3 is 0 Å². The minimum atomic E-state index is 0.317. The van der Waals surface area contributed by atoms with E-state index < -0.39 is 0 Å². The molecular formula is C9H20N2. The van der Waals surface area contributed by atoms with Crippen LogP contribution in [-0.2, 0) is 0 Å². The minimum Gasteiger partial charge on any atom is -0.316 e. The summed E-state index contributed by atoms with van der Waals surface area (Å²) in [6.45, 7) is 5.65. The van der Waals surface area contributed by atoms with E-state index in [1.165, 1.54) is 32.2 Å². The molecule has 0 amide bonds. The molecule has 2 nitrogen and oxygen atoms in total. The lowest BCUT2D eigenvalue weighted by Crippen LogP contribution is -2.45. The maximum atomic E-state index is 6.01. The maximum absolute atomic E-state index is 6.01. The Morgan fingerprint density at radius 1 is 1.27 bits per heavy atom. The summed E-state index contributed by atoms with van der Waals surface area (Å²) < 4.78 is 0. The van der Waals surface area contributed by atoms with Gasteiger partial charge in [-0.15, -0.1) is 0 Å². The summed E-state index contributed by atoms with van der Waals surface area (Å²) in [5.41, 5.74) is 6.01. The van der Waals surface area contributed by atoms with Crippen LogP contribution in [0.25, 0.3) is 0 Å². The van der Waals surface area contributed by atoms with Gasteiger partial charge in [0.1, 0.15) is 0 Å². The average Bonchev–Trinajstić information content (AvgIpc) is 2.13. The molecule has 0 spiro atoms. The van der Waals surface area contributed by atoms with Gasteiger partial charge in [0.05, 0.1) is 6.17 Å². The zero-order valence-corrected chi connectivity index (χ0v) is 7.71. The van der Waals surface area contributed by atoms with E-state index in [4.69, 9.17) is 5.73 Å². The first-order chi connectivity index (χ1) is 5.22. The van der Waals surface area contributed by atoms with Crippen LogP contribution in [0.3, 0.4) is 0 Å². The summed E-state index contributed by atoms with van der Waals surface area (Å²) in [5.74, 6) is 0. The van der Waals surface area contributed by atoms with Crippen LogP contribution in [0.4, 0.5) is 0 Å². The summed E-state index contributed by atoms with van der Waals surface area (Å²) in [6, 6.07) is 0.614. The van der Waals surface area contributed by atoms with Crippen molar-refractivity contribution in [1.29, 1.82) is 0 Å². The second-order valence-electron chi connectivity index (χ2n) is 3.75. The Morgan fingerprint density at radius 3 is 2.64 bits per heavy atom. The average molecular weight is 156 g/mol. The minimum absolute atomic E-state index is 0.317. The van der Waals surface area contributed by atoms with Crippen molar-refractivity contribution >= 4 is 0 Å². The molecule has 11 heavy (non-hydrogen) atoms. The highest BCUT2D eigenvalue weighted by Crippen LogP contribution is 2.15. The van der Waals surface area contributed by atoms with Crippen LogP contribution in [0.1, 0.15) is 39.5 Å². The largest absolute Gasteiger partial charge is 0.316 e. The molecule has 1 fully saturated rings. The topological polar surface area (TPSA) is 29.3 Å². The molecule has 66 valence electrons. The first-order valence-electron chi connectivity index (χ1n) is 4.73. The van der Waals surface area contributed by atoms with E-state index in [-0.39, 0.29) is 0 Å². The van der Waals surface area contributed by atoms with Gasteiger partial charge in [0.2, 0.25) is 0 Å². The van der Waals surface area contributed by atoms with Gasteiger partial charge in [0.15, 0.2) is 0 Å². The van der Waals surface area contributed by atoms with Gasteiger partial charge in [-0.3, -0.25) is 4.90 Å². The van der Waals surface area contributed by atoms with E-state index in [9.17, 15) is 0 Å². The number of rotatable bonds is 1. The molecule has 0 aliphatic carbocycles. The van der Waals surface area contributed by atoms with Gasteiger partial charge < -0.3 is 5.73 Å². The summed E-state index contributed by atoms with van der Waals surface area (Å²) in [6.07, 6.45) is 5.49. The van der Waals surface area contributed by atoms with Crippen molar-refractivity contribution < 1.29 is 0 Å². The van der Waals surface area contributed by atoms with E-state index >= 15 is 0 Å². The van der Waals surface area contributed by atoms with Crippen LogP contribution in [0.5, 0.6) is 0 Å². The standard InChI is InChI=1S/C9H20N2/c1-8(2)11-7-5-3-4-6-9(11)10/h8-9H,3-7,10H2,1-2H3. The molecule has 0 aromatic carbocycles. The third-order valence-electron chi connectivity index (χ3n) is 2.51. The van der Waals surface area contributed by atoms with Crippen molar-refractivity contribution in [3.05, 3.63) is 0 Å². The SMILES string of the molecule is CC(C)N1CCCCCC1N. The molecule has 1 unspecified atom stereocenters. The molecule has 1 heterocycles. The van der Waals surface area contributed by atoms with E-state index in [0.717, 1.165) is 0 Å². The zero-order chi connectivity index (χ0) is 8.27. The molecule has 0 aromatic rings. The summed E-state index contributed by atoms with van der Waals surface area (Å²) in [5, 5.41) is 0. The lowest BCUT2D eigenvalue weighted by molar-refractivity contribution is 0.160. The van der Waals surface area contributed by atoms with Crippen LogP contribution in [0, 0.1) is 0 Å². The Bertz CT molecular complexity index is 112. The highest BCUT2D eigenvalue weighted by Gasteiger charge is 2.18. The quantitative estimate of drug-likeness (QED) is 0.624. The molecule has 1 rings (SSSR count). The lowest BCUT2D eigenvalue weighted by atomic mass is 10.2. The van der Waals surface area contributed by atoms with Gasteiger partial charge in [0.25, 0.3) is 0 Å². The Morgan fingerprint density at radius 2 is 2.00 bits per heavy atom. The molecule has 0 aromatic heterocycles. The van der Waals surface area contributed by atoms with Gasteiger partial charge in [-0.05, 0) is 33.2 Å². The molecule has 0 radical (unpaired) electrons. The number of hydrogen-bond donors (Lipinski definition) is 1. The number of nitrogens with zero attached hydrogens (tertiary/aromatic N) is 1. The number of hydrogen-bond acceptors (Lipinski definition) is 2. The molecule has 1 atom stereocenters. The number of likely N-dealkylation sites (tertiary alicyclic amines) is 1. The second-order valence-corrected chi connectivity index (χ2v) is 3.75. The van der Waals surface area contributed by atoms with Gasteiger partial charge in [-0.25, -0.2) is 0 Å². The summed E-state index contributed by atoms with van der Waals surface area (Å²) in [7, 11) is 0. The fourth-order valence-corrected chi connectivity index (χ4v) is 1.80. The van der Waals surface area contributed by atoms with Crippen molar-refractivity contribution in [1.82, 2.24) is 4.90 Å². The normalized spacial score (nSPS) is 28.9. The van der Waals surface area contributed by atoms with E-state index in [0.29, 0.717) is 12.2 Å². The van der Waals surface area contributed by atoms with Crippen molar-refractivity contribution in [3.8, 4) is 0 Å². The monoisotopic (exact) mass is 156 g/mol. The van der Waals surface area contributed by atoms with Crippen LogP contribution < -0.4 is 5.73 Å². The lowest BCUT2D eigenvalue weighted by Gasteiger charge is -2.30. The van der Waals surface area contributed by atoms with Crippen LogP contribution in [-0.4, -0.2) is 23.7 Å². The first-order valence-corrected chi connectivity index (χ1v) is 4.73. The fourth-order valence-electron chi connectivity index (χ4n) is 1.80. The highest BCUT2D eigenvalue weighted by molar-refractivity contribution is 4.72. The molecule has 1 aliphatic rings. The van der Waals surface area contributed by atoms with Crippen molar-refractivity contribution in [2.24, 2.45) is 5.73 Å². The van der Waals surface area contributed by atoms with E-state index in [2.05, 4.69) is 18.7 Å². The Kier molecular flexibility index (Phi) is 3.34. The third-order valence-corrected chi connectivity index (χ3v) is 2.51. The third kappa shape index (κ3) is 2.46. The molecule has 2 N–H and O–H groups in total. The van der Waals surface area contributed by atoms with Crippen molar-refractivity contribution in [2.45, 2.75) is 51.7 Å². The molecule has 0 saturated carbocycles. The molecule has 1 aliphatic heterocycles. The van der Waals surface area contributed by atoms with Crippen molar-refractivity contribution in [3.63, 3.8) is 0 Å². The second kappa shape index (κ2) is 4.07. The van der Waals surface area contributed by atoms with Gasteiger partial charge in [-0.1, -0.05) is 12.8 Å². The Balaban J connectivity index is 2.45.